The minimum absolute atomic E-state index is 0.0126. The molecule has 0 bridgehead atoms. The van der Waals surface area contributed by atoms with E-state index in [1.54, 1.807) is 0 Å². The zero-order valence-corrected chi connectivity index (χ0v) is 15.9. The van der Waals surface area contributed by atoms with E-state index in [0.29, 0.717) is 5.88 Å². The molecule has 0 spiro atoms. The first-order valence-electron chi connectivity index (χ1n) is 8.76. The third-order valence-electron chi connectivity index (χ3n) is 4.85. The standard InChI is InChI=1S/C22H25ClN2/c1-22(2)19-7-4-5-8-20(19)25(3)21(22)14-11-17-9-12-18(13-10-17)24-16-6-15-23/h4-5,7-14H,6,15-16H2,1-3H3. The lowest BCUT2D eigenvalue weighted by atomic mass is 9.83. The molecule has 0 unspecified atom stereocenters. The third kappa shape index (κ3) is 3.64. The number of para-hydroxylation sites is 1. The number of allylic oxidation sites excluding steroid dienone is 8. The maximum absolute atomic E-state index is 5.69. The van der Waals surface area contributed by atoms with Gasteiger partial charge in [-0.2, -0.15) is 0 Å². The first-order chi connectivity index (χ1) is 12.0. The zero-order valence-electron chi connectivity index (χ0n) is 15.2. The molecule has 3 heteroatoms. The average molecular weight is 353 g/mol. The lowest BCUT2D eigenvalue weighted by Crippen LogP contribution is -2.22. The number of hydrogen-bond acceptors (Lipinski definition) is 2. The molecular formula is C22H25ClN2. The van der Waals surface area contributed by atoms with Crippen LogP contribution in [0.25, 0.3) is 0 Å². The molecule has 25 heavy (non-hydrogen) atoms. The van der Waals surface area contributed by atoms with Crippen LogP contribution in [0, 0.1) is 0 Å². The van der Waals surface area contributed by atoms with Crippen LogP contribution in [0.4, 0.5) is 5.69 Å². The van der Waals surface area contributed by atoms with E-state index in [-0.39, 0.29) is 5.41 Å². The summed E-state index contributed by atoms with van der Waals surface area (Å²) < 4.78 is 0. The Hall–Kier alpha value is -2.06. The largest absolute Gasteiger partial charge is 0.347 e. The highest BCUT2D eigenvalue weighted by atomic mass is 35.5. The highest BCUT2D eigenvalue weighted by Crippen LogP contribution is 2.46. The van der Waals surface area contributed by atoms with E-state index in [1.807, 2.05) is 0 Å². The second kappa shape index (κ2) is 7.45. The molecule has 1 aliphatic heterocycles. The SMILES string of the molecule is CN1C(=CC=C2C=CC(=NCCCCl)C=C2)C(C)(C)c2ccccc21. The Morgan fingerprint density at radius 1 is 1.08 bits per heavy atom. The van der Waals surface area contributed by atoms with Crippen molar-refractivity contribution in [3.05, 3.63) is 77.6 Å². The number of likely N-dealkylation sites (N-methyl/N-ethyl adjacent to an activating group) is 1. The Labute approximate surface area is 155 Å². The second-order valence-corrected chi connectivity index (χ2v) is 7.31. The van der Waals surface area contributed by atoms with Gasteiger partial charge < -0.3 is 4.90 Å². The fourth-order valence-electron chi connectivity index (χ4n) is 3.44. The average Bonchev–Trinajstić information content (AvgIpc) is 2.81. The van der Waals surface area contributed by atoms with Crippen LogP contribution in [0.2, 0.25) is 0 Å². The summed E-state index contributed by atoms with van der Waals surface area (Å²) in [5.74, 6) is 0.661. The fraction of sp³-hybridized carbons (Fsp3) is 0.318. The number of fused-ring (bicyclic) bond motifs is 1. The van der Waals surface area contributed by atoms with Crippen LogP contribution in [0.5, 0.6) is 0 Å². The van der Waals surface area contributed by atoms with Gasteiger partial charge in [0.1, 0.15) is 0 Å². The van der Waals surface area contributed by atoms with Crippen LogP contribution in [0.3, 0.4) is 0 Å². The van der Waals surface area contributed by atoms with Crippen molar-refractivity contribution >= 4 is 23.0 Å². The predicted molar refractivity (Wildman–Crippen MR) is 110 cm³/mol. The van der Waals surface area contributed by atoms with Gasteiger partial charge in [-0.05, 0) is 41.9 Å². The number of benzene rings is 1. The van der Waals surface area contributed by atoms with Crippen LogP contribution < -0.4 is 4.90 Å². The van der Waals surface area contributed by atoms with Crippen LogP contribution >= 0.6 is 11.6 Å². The molecule has 0 fully saturated rings. The van der Waals surface area contributed by atoms with Crippen molar-refractivity contribution in [2.24, 2.45) is 4.99 Å². The maximum atomic E-state index is 5.69. The molecule has 0 aromatic heterocycles. The summed E-state index contributed by atoms with van der Waals surface area (Å²) in [7, 11) is 2.14. The number of hydrogen-bond donors (Lipinski definition) is 0. The molecular weight excluding hydrogens is 328 g/mol. The molecule has 2 aliphatic rings. The van der Waals surface area contributed by atoms with Gasteiger partial charge in [-0.25, -0.2) is 0 Å². The van der Waals surface area contributed by atoms with Crippen molar-refractivity contribution in [1.29, 1.82) is 0 Å². The number of halogens is 1. The summed E-state index contributed by atoms with van der Waals surface area (Å²) in [5, 5.41) is 0. The molecule has 0 saturated heterocycles. The quantitative estimate of drug-likeness (QED) is 0.521. The Balaban J connectivity index is 1.79. The van der Waals surface area contributed by atoms with E-state index in [1.165, 1.54) is 22.5 Å². The summed E-state index contributed by atoms with van der Waals surface area (Å²) >= 11 is 5.69. The van der Waals surface area contributed by atoms with Gasteiger partial charge in [-0.15, -0.1) is 11.6 Å². The van der Waals surface area contributed by atoms with Gasteiger partial charge in [-0.3, -0.25) is 4.99 Å². The first kappa shape index (κ1) is 17.8. The molecule has 2 nitrogen and oxygen atoms in total. The van der Waals surface area contributed by atoms with Crippen molar-refractivity contribution in [3.63, 3.8) is 0 Å². The summed E-state index contributed by atoms with van der Waals surface area (Å²) in [6, 6.07) is 8.64. The van der Waals surface area contributed by atoms with Crippen molar-refractivity contribution in [1.82, 2.24) is 0 Å². The molecule has 0 N–H and O–H groups in total. The smallest absolute Gasteiger partial charge is 0.0574 e. The molecule has 0 amide bonds. The van der Waals surface area contributed by atoms with Gasteiger partial charge in [0, 0.05) is 36.3 Å². The maximum Gasteiger partial charge on any atom is 0.0574 e. The van der Waals surface area contributed by atoms with Crippen molar-refractivity contribution in [2.75, 3.05) is 24.4 Å². The second-order valence-electron chi connectivity index (χ2n) is 6.94. The molecule has 1 aliphatic carbocycles. The molecule has 1 aromatic carbocycles. The summed E-state index contributed by atoms with van der Waals surface area (Å²) in [4.78, 5) is 6.81. The monoisotopic (exact) mass is 352 g/mol. The predicted octanol–water partition coefficient (Wildman–Crippen LogP) is 5.42. The fourth-order valence-corrected chi connectivity index (χ4v) is 3.56. The highest BCUT2D eigenvalue weighted by molar-refractivity contribution is 6.17. The molecule has 1 aromatic rings. The number of rotatable bonds is 4. The van der Waals surface area contributed by atoms with Crippen LogP contribution in [0.15, 0.2) is 77.0 Å². The Kier molecular flexibility index (Phi) is 5.29. The summed E-state index contributed by atoms with van der Waals surface area (Å²) in [6.07, 6.45) is 13.7. The summed E-state index contributed by atoms with van der Waals surface area (Å²) in [5.41, 5.74) is 6.19. The number of nitrogens with zero attached hydrogens (tertiary/aromatic N) is 2. The van der Waals surface area contributed by atoms with E-state index in [9.17, 15) is 0 Å². The Morgan fingerprint density at radius 2 is 1.80 bits per heavy atom. The number of alkyl halides is 1. The van der Waals surface area contributed by atoms with Gasteiger partial charge in [0.25, 0.3) is 0 Å². The minimum Gasteiger partial charge on any atom is -0.347 e. The van der Waals surface area contributed by atoms with Gasteiger partial charge in [0.2, 0.25) is 0 Å². The lowest BCUT2D eigenvalue weighted by Gasteiger charge is -2.23. The van der Waals surface area contributed by atoms with Gasteiger partial charge in [-0.1, -0.05) is 50.3 Å². The van der Waals surface area contributed by atoms with Crippen molar-refractivity contribution < 1.29 is 0 Å². The molecule has 3 rings (SSSR count). The molecule has 0 atom stereocenters. The molecule has 0 radical (unpaired) electrons. The third-order valence-corrected chi connectivity index (χ3v) is 5.12. The number of anilines is 1. The van der Waals surface area contributed by atoms with Crippen LogP contribution in [0.1, 0.15) is 25.8 Å². The molecule has 130 valence electrons. The lowest BCUT2D eigenvalue weighted by molar-refractivity contribution is 0.640. The van der Waals surface area contributed by atoms with E-state index < -0.39 is 0 Å². The Morgan fingerprint density at radius 3 is 2.48 bits per heavy atom. The topological polar surface area (TPSA) is 15.6 Å². The van der Waals surface area contributed by atoms with Gasteiger partial charge >= 0.3 is 0 Å². The number of aliphatic imine (C=N–C) groups is 1. The van der Waals surface area contributed by atoms with E-state index in [0.717, 1.165) is 18.7 Å². The molecule has 0 saturated carbocycles. The summed E-state index contributed by atoms with van der Waals surface area (Å²) in [6.45, 7) is 5.36. The molecule has 1 heterocycles. The van der Waals surface area contributed by atoms with Crippen LogP contribution in [-0.2, 0) is 5.41 Å². The van der Waals surface area contributed by atoms with E-state index in [2.05, 4.69) is 91.5 Å². The van der Waals surface area contributed by atoms with Crippen molar-refractivity contribution in [3.8, 4) is 0 Å². The zero-order chi connectivity index (χ0) is 17.9. The van der Waals surface area contributed by atoms with Crippen molar-refractivity contribution in [2.45, 2.75) is 25.7 Å². The first-order valence-corrected chi connectivity index (χ1v) is 9.30. The highest BCUT2D eigenvalue weighted by Gasteiger charge is 2.37. The van der Waals surface area contributed by atoms with Crippen LogP contribution in [-0.4, -0.2) is 25.2 Å². The Bertz CT molecular complexity index is 776. The normalized spacial score (nSPS) is 19.5. The van der Waals surface area contributed by atoms with E-state index >= 15 is 0 Å². The van der Waals surface area contributed by atoms with E-state index in [4.69, 9.17) is 11.6 Å². The van der Waals surface area contributed by atoms with Gasteiger partial charge in [0.05, 0.1) is 5.71 Å². The minimum atomic E-state index is 0.0126. The van der Waals surface area contributed by atoms with Gasteiger partial charge in [0.15, 0.2) is 0 Å².